The average molecular weight is 320 g/mol. The number of aromatic amines is 1. The van der Waals surface area contributed by atoms with E-state index in [2.05, 4.69) is 15.2 Å². The molecule has 1 amide bonds. The van der Waals surface area contributed by atoms with Gasteiger partial charge in [-0.2, -0.15) is 5.10 Å². The molecule has 0 spiro atoms. The van der Waals surface area contributed by atoms with E-state index >= 15 is 0 Å². The van der Waals surface area contributed by atoms with E-state index in [0.717, 1.165) is 48.9 Å². The van der Waals surface area contributed by atoms with Gasteiger partial charge in [-0.05, 0) is 43.4 Å². The molecule has 3 aromatic rings. The van der Waals surface area contributed by atoms with Gasteiger partial charge in [-0.25, -0.2) is 0 Å². The van der Waals surface area contributed by atoms with Crippen molar-refractivity contribution in [2.75, 3.05) is 13.1 Å². The molecular formula is C19H20N4O. The lowest BCUT2D eigenvalue weighted by molar-refractivity contribution is 0.0674. The summed E-state index contributed by atoms with van der Waals surface area (Å²) in [5.41, 5.74) is 2.64. The summed E-state index contributed by atoms with van der Waals surface area (Å²) >= 11 is 0. The number of hydrogen-bond acceptors (Lipinski definition) is 3. The second kappa shape index (κ2) is 6.43. The molecule has 1 atom stereocenters. The van der Waals surface area contributed by atoms with Crippen molar-refractivity contribution in [2.45, 2.75) is 19.3 Å². The van der Waals surface area contributed by atoms with Gasteiger partial charge < -0.3 is 4.90 Å². The predicted molar refractivity (Wildman–Crippen MR) is 92.7 cm³/mol. The van der Waals surface area contributed by atoms with Crippen molar-refractivity contribution in [1.29, 1.82) is 0 Å². The topological polar surface area (TPSA) is 61.9 Å². The van der Waals surface area contributed by atoms with E-state index in [1.165, 1.54) is 0 Å². The Morgan fingerprint density at radius 3 is 3.00 bits per heavy atom. The number of likely N-dealkylation sites (tertiary alicyclic amines) is 1. The summed E-state index contributed by atoms with van der Waals surface area (Å²) in [5.74, 6) is 0.569. The smallest absolute Gasteiger partial charge is 0.256 e. The van der Waals surface area contributed by atoms with Gasteiger partial charge in [0.2, 0.25) is 0 Å². The van der Waals surface area contributed by atoms with Gasteiger partial charge in [-0.3, -0.25) is 14.9 Å². The molecule has 0 radical (unpaired) electrons. The predicted octanol–water partition coefficient (Wildman–Crippen LogP) is 3.05. The first kappa shape index (κ1) is 14.9. The van der Waals surface area contributed by atoms with Crippen molar-refractivity contribution in [3.63, 3.8) is 0 Å². The molecule has 1 fully saturated rings. The molecule has 4 rings (SSSR count). The molecule has 0 saturated carbocycles. The summed E-state index contributed by atoms with van der Waals surface area (Å²) in [5, 5.41) is 8.04. The maximum Gasteiger partial charge on any atom is 0.256 e. The Morgan fingerprint density at radius 2 is 2.12 bits per heavy atom. The van der Waals surface area contributed by atoms with Gasteiger partial charge in [-0.15, -0.1) is 0 Å². The zero-order valence-corrected chi connectivity index (χ0v) is 13.5. The van der Waals surface area contributed by atoms with Crippen LogP contribution in [0.25, 0.3) is 10.9 Å². The number of aromatic nitrogens is 3. The van der Waals surface area contributed by atoms with E-state index < -0.39 is 0 Å². The molecule has 3 heterocycles. The number of fused-ring (bicyclic) bond motifs is 1. The maximum atomic E-state index is 13.0. The summed E-state index contributed by atoms with van der Waals surface area (Å²) in [6.07, 6.45) is 6.66. The Balaban J connectivity index is 1.55. The standard InChI is InChI=1S/C19H20N4O/c24-19(17-7-1-5-15-6-2-9-20-18(15)17)23-11-3-4-14(13-23)12-16-8-10-21-22-16/h1-2,5-10,14H,3-4,11-13H2,(H,21,22)/t14-/m1/s1. The number of amides is 1. The van der Waals surface area contributed by atoms with E-state index in [1.807, 2.05) is 41.3 Å². The Labute approximate surface area is 140 Å². The molecular weight excluding hydrogens is 300 g/mol. The second-order valence-corrected chi connectivity index (χ2v) is 6.43. The van der Waals surface area contributed by atoms with Gasteiger partial charge in [-0.1, -0.05) is 18.2 Å². The van der Waals surface area contributed by atoms with Gasteiger partial charge in [0.05, 0.1) is 11.1 Å². The molecule has 24 heavy (non-hydrogen) atoms. The number of H-pyrrole nitrogens is 1. The number of para-hydroxylation sites is 1. The number of hydrogen-bond donors (Lipinski definition) is 1. The van der Waals surface area contributed by atoms with Crippen LogP contribution >= 0.6 is 0 Å². The van der Waals surface area contributed by atoms with Crippen molar-refractivity contribution in [2.24, 2.45) is 5.92 Å². The van der Waals surface area contributed by atoms with Crippen LogP contribution in [0.1, 0.15) is 28.9 Å². The van der Waals surface area contributed by atoms with Crippen LogP contribution < -0.4 is 0 Å². The van der Waals surface area contributed by atoms with Crippen LogP contribution in [-0.2, 0) is 6.42 Å². The number of benzene rings is 1. The Hall–Kier alpha value is -2.69. The third-order valence-corrected chi connectivity index (χ3v) is 4.74. The Morgan fingerprint density at radius 1 is 1.21 bits per heavy atom. The van der Waals surface area contributed by atoms with E-state index in [0.29, 0.717) is 11.5 Å². The first-order chi connectivity index (χ1) is 11.8. The average Bonchev–Trinajstić information content (AvgIpc) is 3.14. The lowest BCUT2D eigenvalue weighted by Crippen LogP contribution is -2.40. The van der Waals surface area contributed by atoms with E-state index in [4.69, 9.17) is 0 Å². The highest BCUT2D eigenvalue weighted by Crippen LogP contribution is 2.24. The number of pyridine rings is 1. The molecule has 1 N–H and O–H groups in total. The highest BCUT2D eigenvalue weighted by atomic mass is 16.2. The van der Waals surface area contributed by atoms with Gasteiger partial charge in [0.25, 0.3) is 5.91 Å². The third-order valence-electron chi connectivity index (χ3n) is 4.74. The summed E-state index contributed by atoms with van der Waals surface area (Å²) in [6, 6.07) is 11.7. The minimum absolute atomic E-state index is 0.0913. The van der Waals surface area contributed by atoms with Crippen molar-refractivity contribution in [3.8, 4) is 0 Å². The van der Waals surface area contributed by atoms with Crippen molar-refractivity contribution < 1.29 is 4.79 Å². The van der Waals surface area contributed by atoms with Gasteiger partial charge in [0.1, 0.15) is 0 Å². The van der Waals surface area contributed by atoms with Crippen molar-refractivity contribution in [1.82, 2.24) is 20.1 Å². The number of carbonyl (C=O) groups excluding carboxylic acids is 1. The monoisotopic (exact) mass is 320 g/mol. The zero-order chi connectivity index (χ0) is 16.4. The lowest BCUT2D eigenvalue weighted by Gasteiger charge is -2.32. The molecule has 2 aromatic heterocycles. The summed E-state index contributed by atoms with van der Waals surface area (Å²) in [4.78, 5) is 19.4. The van der Waals surface area contributed by atoms with Gasteiger partial charge in [0, 0.05) is 36.6 Å². The fourth-order valence-electron chi connectivity index (χ4n) is 3.57. The first-order valence-corrected chi connectivity index (χ1v) is 8.42. The highest BCUT2D eigenvalue weighted by Gasteiger charge is 2.26. The molecule has 0 unspecified atom stereocenters. The van der Waals surface area contributed by atoms with E-state index in [1.54, 1.807) is 12.4 Å². The number of nitrogens with one attached hydrogen (secondary N) is 1. The Bertz CT molecular complexity index is 838. The fourth-order valence-corrected chi connectivity index (χ4v) is 3.57. The molecule has 122 valence electrons. The van der Waals surface area contributed by atoms with E-state index in [9.17, 15) is 4.79 Å². The number of rotatable bonds is 3. The molecule has 0 aliphatic carbocycles. The van der Waals surface area contributed by atoms with E-state index in [-0.39, 0.29) is 5.91 Å². The van der Waals surface area contributed by atoms with Gasteiger partial charge >= 0.3 is 0 Å². The van der Waals surface area contributed by atoms with Gasteiger partial charge in [0.15, 0.2) is 0 Å². The Kier molecular flexibility index (Phi) is 3.99. The molecule has 0 bridgehead atoms. The largest absolute Gasteiger partial charge is 0.338 e. The first-order valence-electron chi connectivity index (χ1n) is 8.42. The number of nitrogens with zero attached hydrogens (tertiary/aromatic N) is 3. The normalized spacial score (nSPS) is 18.0. The van der Waals surface area contributed by atoms with Crippen molar-refractivity contribution in [3.05, 3.63) is 60.0 Å². The van der Waals surface area contributed by atoms with Crippen LogP contribution in [0.3, 0.4) is 0 Å². The summed E-state index contributed by atoms with van der Waals surface area (Å²) in [7, 11) is 0. The third kappa shape index (κ3) is 2.89. The SMILES string of the molecule is O=C(c1cccc2cccnc12)N1CCC[C@H](Cc2ccn[nH]2)C1. The summed E-state index contributed by atoms with van der Waals surface area (Å²) in [6.45, 7) is 1.61. The second-order valence-electron chi connectivity index (χ2n) is 6.43. The molecule has 1 aliphatic heterocycles. The van der Waals surface area contributed by atoms with Crippen LogP contribution in [0, 0.1) is 5.92 Å². The van der Waals surface area contributed by atoms with Crippen molar-refractivity contribution >= 4 is 16.8 Å². The highest BCUT2D eigenvalue weighted by molar-refractivity contribution is 6.05. The molecule has 1 aromatic carbocycles. The fraction of sp³-hybridized carbons (Fsp3) is 0.316. The molecule has 5 nitrogen and oxygen atoms in total. The number of piperidine rings is 1. The maximum absolute atomic E-state index is 13.0. The minimum Gasteiger partial charge on any atom is -0.338 e. The zero-order valence-electron chi connectivity index (χ0n) is 13.5. The van der Waals surface area contributed by atoms with Crippen LogP contribution in [0.4, 0.5) is 0 Å². The molecule has 5 heteroatoms. The molecule has 1 aliphatic rings. The number of carbonyl (C=O) groups is 1. The van der Waals surface area contributed by atoms with Crippen LogP contribution in [0.15, 0.2) is 48.8 Å². The lowest BCUT2D eigenvalue weighted by atomic mass is 9.93. The van der Waals surface area contributed by atoms with Crippen LogP contribution in [0.2, 0.25) is 0 Å². The van der Waals surface area contributed by atoms with Crippen LogP contribution in [0.5, 0.6) is 0 Å². The quantitative estimate of drug-likeness (QED) is 0.807. The van der Waals surface area contributed by atoms with Crippen LogP contribution in [-0.4, -0.2) is 39.1 Å². The minimum atomic E-state index is 0.0913. The summed E-state index contributed by atoms with van der Waals surface area (Å²) < 4.78 is 0. The molecule has 1 saturated heterocycles.